The fourth-order valence-electron chi connectivity index (χ4n) is 2.08. The number of nitrogens with one attached hydrogen (secondary N) is 2. The van der Waals surface area contributed by atoms with Crippen molar-refractivity contribution in [1.29, 1.82) is 0 Å². The van der Waals surface area contributed by atoms with Crippen LogP contribution in [0.1, 0.15) is 5.56 Å². The van der Waals surface area contributed by atoms with Crippen molar-refractivity contribution in [3.05, 3.63) is 59.1 Å². The Balaban J connectivity index is 1.99. The molecule has 2 aromatic carbocycles. The van der Waals surface area contributed by atoms with Crippen molar-refractivity contribution in [2.24, 2.45) is 0 Å². The summed E-state index contributed by atoms with van der Waals surface area (Å²) in [5.41, 5.74) is 1.18. The zero-order chi connectivity index (χ0) is 18.3. The third-order valence-electron chi connectivity index (χ3n) is 3.31. The van der Waals surface area contributed by atoms with E-state index in [4.69, 9.17) is 16.3 Å². The van der Waals surface area contributed by atoms with E-state index in [-0.39, 0.29) is 17.2 Å². The smallest absolute Gasteiger partial charge is 0.261 e. The summed E-state index contributed by atoms with van der Waals surface area (Å²) >= 11 is 5.83. The Morgan fingerprint density at radius 3 is 2.52 bits per heavy atom. The third kappa shape index (κ3) is 6.04. The number of rotatable bonds is 8. The Bertz CT molecular complexity index is 823. The maximum Gasteiger partial charge on any atom is 0.261 e. The van der Waals surface area contributed by atoms with Crippen molar-refractivity contribution < 1.29 is 17.9 Å². The van der Waals surface area contributed by atoms with E-state index in [1.807, 2.05) is 0 Å². The molecule has 0 spiro atoms. The van der Waals surface area contributed by atoms with Crippen LogP contribution in [0.4, 0.5) is 5.69 Å². The molecule has 0 aliphatic carbocycles. The van der Waals surface area contributed by atoms with Gasteiger partial charge in [-0.05, 0) is 35.9 Å². The molecule has 0 unspecified atom stereocenters. The van der Waals surface area contributed by atoms with Gasteiger partial charge in [-0.3, -0.25) is 9.52 Å². The van der Waals surface area contributed by atoms with Gasteiger partial charge in [-0.2, -0.15) is 0 Å². The van der Waals surface area contributed by atoms with Gasteiger partial charge >= 0.3 is 0 Å². The van der Waals surface area contributed by atoms with Crippen LogP contribution in [0.15, 0.2) is 53.4 Å². The quantitative estimate of drug-likeness (QED) is 0.687. The van der Waals surface area contributed by atoms with Gasteiger partial charge in [0.25, 0.3) is 10.0 Å². The normalized spacial score (nSPS) is 11.1. The number of benzene rings is 2. The molecule has 0 saturated carbocycles. The first-order valence-electron chi connectivity index (χ1n) is 7.54. The first-order chi connectivity index (χ1) is 11.9. The van der Waals surface area contributed by atoms with Crippen LogP contribution in [0.2, 0.25) is 5.02 Å². The van der Waals surface area contributed by atoms with Gasteiger partial charge in [-0.25, -0.2) is 8.42 Å². The Hall–Kier alpha value is -2.09. The Labute approximate surface area is 152 Å². The van der Waals surface area contributed by atoms with Crippen molar-refractivity contribution in [3.8, 4) is 0 Å². The van der Waals surface area contributed by atoms with Crippen LogP contribution in [-0.2, 0) is 26.0 Å². The molecule has 2 aromatic rings. The molecular formula is C17H19ClN2O4S. The van der Waals surface area contributed by atoms with Crippen molar-refractivity contribution in [2.45, 2.75) is 11.3 Å². The topological polar surface area (TPSA) is 84.5 Å². The number of hydrogen-bond donors (Lipinski definition) is 2. The van der Waals surface area contributed by atoms with E-state index >= 15 is 0 Å². The van der Waals surface area contributed by atoms with Crippen molar-refractivity contribution in [2.75, 3.05) is 25.0 Å². The monoisotopic (exact) mass is 382 g/mol. The number of anilines is 1. The SMILES string of the molecule is COCCNC(=O)Cc1ccc(NS(=O)(=O)c2cccc(Cl)c2)cc1. The van der Waals surface area contributed by atoms with Crippen LogP contribution in [0.5, 0.6) is 0 Å². The van der Waals surface area contributed by atoms with Gasteiger partial charge in [0, 0.05) is 24.4 Å². The van der Waals surface area contributed by atoms with Gasteiger partial charge < -0.3 is 10.1 Å². The number of amides is 1. The summed E-state index contributed by atoms with van der Waals surface area (Å²) in [6.07, 6.45) is 0.213. The molecule has 0 fully saturated rings. The Morgan fingerprint density at radius 1 is 1.16 bits per heavy atom. The maximum atomic E-state index is 12.3. The van der Waals surface area contributed by atoms with Crippen LogP contribution in [-0.4, -0.2) is 34.6 Å². The van der Waals surface area contributed by atoms with E-state index in [9.17, 15) is 13.2 Å². The van der Waals surface area contributed by atoms with E-state index < -0.39 is 10.0 Å². The molecule has 134 valence electrons. The molecule has 0 radical (unpaired) electrons. The number of methoxy groups -OCH3 is 1. The largest absolute Gasteiger partial charge is 0.383 e. The molecule has 2 N–H and O–H groups in total. The highest BCUT2D eigenvalue weighted by atomic mass is 35.5. The second-order valence-electron chi connectivity index (χ2n) is 5.28. The molecular weight excluding hydrogens is 364 g/mol. The summed E-state index contributed by atoms with van der Waals surface area (Å²) in [5.74, 6) is -0.121. The summed E-state index contributed by atoms with van der Waals surface area (Å²) in [5, 5.41) is 3.07. The second kappa shape index (κ2) is 8.84. The molecule has 0 heterocycles. The lowest BCUT2D eigenvalue weighted by molar-refractivity contribution is -0.120. The van der Waals surface area contributed by atoms with Gasteiger partial charge in [0.15, 0.2) is 0 Å². The molecule has 25 heavy (non-hydrogen) atoms. The molecule has 0 bridgehead atoms. The molecule has 1 amide bonds. The van der Waals surface area contributed by atoms with Gasteiger partial charge in [0.05, 0.1) is 17.9 Å². The fraction of sp³-hybridized carbons (Fsp3) is 0.235. The summed E-state index contributed by atoms with van der Waals surface area (Å²) in [4.78, 5) is 11.8. The minimum absolute atomic E-state index is 0.0848. The molecule has 0 atom stereocenters. The molecule has 0 aromatic heterocycles. The minimum Gasteiger partial charge on any atom is -0.383 e. The summed E-state index contributed by atoms with van der Waals surface area (Å²) in [6, 6.07) is 12.6. The van der Waals surface area contributed by atoms with Gasteiger partial charge in [0.2, 0.25) is 5.91 Å². The van der Waals surface area contributed by atoms with E-state index in [2.05, 4.69) is 10.0 Å². The van der Waals surface area contributed by atoms with Crippen LogP contribution in [0.25, 0.3) is 0 Å². The van der Waals surface area contributed by atoms with Gasteiger partial charge in [-0.1, -0.05) is 29.8 Å². The number of sulfonamides is 1. The highest BCUT2D eigenvalue weighted by molar-refractivity contribution is 7.92. The molecule has 0 aliphatic heterocycles. The maximum absolute atomic E-state index is 12.3. The Kier molecular flexibility index (Phi) is 6.81. The molecule has 2 rings (SSSR count). The minimum atomic E-state index is -3.71. The zero-order valence-corrected chi connectivity index (χ0v) is 15.2. The predicted octanol–water partition coefficient (Wildman–Crippen LogP) is 2.45. The molecule has 6 nitrogen and oxygen atoms in total. The average Bonchev–Trinajstić information content (AvgIpc) is 2.57. The molecule has 0 aliphatic rings. The van der Waals surface area contributed by atoms with E-state index in [0.29, 0.717) is 23.9 Å². The summed E-state index contributed by atoms with van der Waals surface area (Å²) < 4.78 is 32.0. The lowest BCUT2D eigenvalue weighted by atomic mass is 10.1. The summed E-state index contributed by atoms with van der Waals surface area (Å²) in [6.45, 7) is 0.906. The number of halogens is 1. The zero-order valence-electron chi connectivity index (χ0n) is 13.7. The van der Waals surface area contributed by atoms with E-state index in [1.165, 1.54) is 12.1 Å². The van der Waals surface area contributed by atoms with Crippen LogP contribution in [0, 0.1) is 0 Å². The number of hydrogen-bond acceptors (Lipinski definition) is 4. The third-order valence-corrected chi connectivity index (χ3v) is 4.92. The lowest BCUT2D eigenvalue weighted by Gasteiger charge is -2.09. The molecule has 8 heteroatoms. The lowest BCUT2D eigenvalue weighted by Crippen LogP contribution is -2.28. The van der Waals surface area contributed by atoms with Crippen molar-refractivity contribution in [1.82, 2.24) is 5.32 Å². The predicted molar refractivity (Wildman–Crippen MR) is 97.3 cm³/mol. The van der Waals surface area contributed by atoms with E-state index in [1.54, 1.807) is 43.5 Å². The average molecular weight is 383 g/mol. The molecule has 0 saturated heterocycles. The van der Waals surface area contributed by atoms with Crippen LogP contribution >= 0.6 is 11.6 Å². The summed E-state index contributed by atoms with van der Waals surface area (Å²) in [7, 11) is -2.15. The highest BCUT2D eigenvalue weighted by Gasteiger charge is 2.14. The first kappa shape index (κ1) is 19.2. The number of ether oxygens (including phenoxy) is 1. The van der Waals surface area contributed by atoms with Gasteiger partial charge in [0.1, 0.15) is 0 Å². The van der Waals surface area contributed by atoms with Crippen LogP contribution in [0.3, 0.4) is 0 Å². The highest BCUT2D eigenvalue weighted by Crippen LogP contribution is 2.19. The fourth-order valence-corrected chi connectivity index (χ4v) is 3.44. The van der Waals surface area contributed by atoms with Crippen molar-refractivity contribution in [3.63, 3.8) is 0 Å². The Morgan fingerprint density at radius 2 is 1.88 bits per heavy atom. The number of carbonyl (C=O) groups excluding carboxylic acids is 1. The van der Waals surface area contributed by atoms with Crippen molar-refractivity contribution >= 4 is 33.2 Å². The van der Waals surface area contributed by atoms with Crippen LogP contribution < -0.4 is 10.0 Å². The van der Waals surface area contributed by atoms with E-state index in [0.717, 1.165) is 5.56 Å². The number of carbonyl (C=O) groups is 1. The first-order valence-corrected chi connectivity index (χ1v) is 9.40. The second-order valence-corrected chi connectivity index (χ2v) is 7.40. The van der Waals surface area contributed by atoms with Gasteiger partial charge in [-0.15, -0.1) is 0 Å². The standard InChI is InChI=1S/C17H19ClN2O4S/c1-24-10-9-19-17(21)11-13-5-7-15(8-6-13)20-25(22,23)16-4-2-3-14(18)12-16/h2-8,12,20H,9-11H2,1H3,(H,19,21).